The third-order valence-corrected chi connectivity index (χ3v) is 4.97. The fourth-order valence-corrected chi connectivity index (χ4v) is 3.47. The highest BCUT2D eigenvalue weighted by molar-refractivity contribution is 5.87. The third-order valence-electron chi connectivity index (χ3n) is 4.97. The average Bonchev–Trinajstić information content (AvgIpc) is 2.65. The van der Waals surface area contributed by atoms with Crippen molar-refractivity contribution in [1.82, 2.24) is 4.90 Å². The van der Waals surface area contributed by atoms with Crippen molar-refractivity contribution in [3.8, 4) is 0 Å². The van der Waals surface area contributed by atoms with Gasteiger partial charge in [-0.3, -0.25) is 4.79 Å². The largest absolute Gasteiger partial charge is 0.480 e. The molecule has 1 N–H and O–H groups in total. The van der Waals surface area contributed by atoms with E-state index in [-0.39, 0.29) is 12.0 Å². The second-order valence-corrected chi connectivity index (χ2v) is 6.76. The lowest BCUT2D eigenvalue weighted by molar-refractivity contribution is -0.158. The molecule has 0 aliphatic carbocycles. The molecule has 2 aliphatic heterocycles. The number of amides is 1. The zero-order valence-electron chi connectivity index (χ0n) is 14.5. The molecular weight excluding hydrogens is 322 g/mol. The van der Waals surface area contributed by atoms with Crippen molar-refractivity contribution in [3.63, 3.8) is 0 Å². The van der Waals surface area contributed by atoms with Crippen molar-refractivity contribution in [3.05, 3.63) is 35.4 Å². The number of carboxylic acids is 1. The Morgan fingerprint density at radius 3 is 2.76 bits per heavy atom. The first-order valence-electron chi connectivity index (χ1n) is 8.89. The fraction of sp³-hybridized carbons (Fsp3) is 0.579. The first-order valence-corrected chi connectivity index (χ1v) is 8.89. The maximum Gasteiger partial charge on any atom is 0.326 e. The zero-order valence-corrected chi connectivity index (χ0v) is 14.5. The molecule has 0 unspecified atom stereocenters. The van der Waals surface area contributed by atoms with E-state index >= 15 is 0 Å². The van der Waals surface area contributed by atoms with Gasteiger partial charge in [-0.25, -0.2) is 4.79 Å². The van der Waals surface area contributed by atoms with E-state index in [1.165, 1.54) is 4.90 Å². The highest BCUT2D eigenvalue weighted by atomic mass is 16.5. The Kier molecular flexibility index (Phi) is 5.71. The molecule has 3 rings (SSSR count). The van der Waals surface area contributed by atoms with E-state index in [4.69, 9.17) is 9.47 Å². The van der Waals surface area contributed by atoms with Crippen LogP contribution in [0.2, 0.25) is 0 Å². The monoisotopic (exact) mass is 347 g/mol. The minimum atomic E-state index is -0.981. The minimum absolute atomic E-state index is 0.0290. The molecule has 1 fully saturated rings. The van der Waals surface area contributed by atoms with Crippen molar-refractivity contribution >= 4 is 11.9 Å². The Morgan fingerprint density at radius 1 is 1.32 bits per heavy atom. The van der Waals surface area contributed by atoms with E-state index in [0.29, 0.717) is 19.6 Å². The van der Waals surface area contributed by atoms with Crippen molar-refractivity contribution < 1.29 is 24.2 Å². The molecule has 3 atom stereocenters. The lowest BCUT2D eigenvalue weighted by Gasteiger charge is -2.36. The van der Waals surface area contributed by atoms with Gasteiger partial charge in [0.2, 0.25) is 0 Å². The van der Waals surface area contributed by atoms with Crippen molar-refractivity contribution in [1.29, 1.82) is 0 Å². The average molecular weight is 347 g/mol. The normalized spacial score (nSPS) is 24.4. The van der Waals surface area contributed by atoms with Crippen LogP contribution in [0.5, 0.6) is 0 Å². The fourth-order valence-electron chi connectivity index (χ4n) is 3.47. The van der Waals surface area contributed by atoms with Crippen LogP contribution in [0.3, 0.4) is 0 Å². The van der Waals surface area contributed by atoms with Crippen molar-refractivity contribution in [2.24, 2.45) is 0 Å². The molecule has 6 heteroatoms. The summed E-state index contributed by atoms with van der Waals surface area (Å²) in [6, 6.07) is 6.82. The standard InChI is InChI=1S/C19H25NO5/c1-13(25-12-16-8-4-5-9-24-16)18(21)20-11-15-7-3-2-6-14(15)10-17(20)19(22)23/h2-3,6-7,13,16-17H,4-5,8-12H2,1H3,(H,22,23)/t13-,16+,17-/m0/s1. The van der Waals surface area contributed by atoms with Crippen LogP contribution in [0.4, 0.5) is 0 Å². The van der Waals surface area contributed by atoms with Gasteiger partial charge < -0.3 is 19.5 Å². The van der Waals surface area contributed by atoms with Crippen LogP contribution >= 0.6 is 0 Å². The van der Waals surface area contributed by atoms with Crippen molar-refractivity contribution in [2.75, 3.05) is 13.2 Å². The van der Waals surface area contributed by atoms with E-state index in [9.17, 15) is 14.7 Å². The smallest absolute Gasteiger partial charge is 0.326 e. The number of benzene rings is 1. The summed E-state index contributed by atoms with van der Waals surface area (Å²) in [5, 5.41) is 9.54. The summed E-state index contributed by atoms with van der Waals surface area (Å²) in [5.74, 6) is -1.26. The van der Waals surface area contributed by atoms with E-state index < -0.39 is 18.1 Å². The van der Waals surface area contributed by atoms with Gasteiger partial charge in [-0.05, 0) is 37.3 Å². The van der Waals surface area contributed by atoms with Crippen LogP contribution in [-0.4, -0.2) is 53.3 Å². The molecule has 136 valence electrons. The number of hydrogen-bond acceptors (Lipinski definition) is 4. The second-order valence-electron chi connectivity index (χ2n) is 6.76. The van der Waals surface area contributed by atoms with Crippen molar-refractivity contribution in [2.45, 2.75) is 57.4 Å². The summed E-state index contributed by atoms with van der Waals surface area (Å²) in [6.07, 6.45) is 2.79. The van der Waals surface area contributed by atoms with Gasteiger partial charge in [0.15, 0.2) is 0 Å². The van der Waals surface area contributed by atoms with Gasteiger partial charge in [0.05, 0.1) is 12.7 Å². The van der Waals surface area contributed by atoms with Crippen LogP contribution in [0, 0.1) is 0 Å². The summed E-state index contributed by atoms with van der Waals surface area (Å²) < 4.78 is 11.3. The highest BCUT2D eigenvalue weighted by Gasteiger charge is 2.36. The van der Waals surface area contributed by atoms with Crippen LogP contribution in [-0.2, 0) is 32.0 Å². The molecule has 1 amide bonds. The molecule has 1 aromatic carbocycles. The Labute approximate surface area is 147 Å². The topological polar surface area (TPSA) is 76.1 Å². The van der Waals surface area contributed by atoms with Gasteiger partial charge in [0, 0.05) is 19.6 Å². The Bertz CT molecular complexity index is 626. The zero-order chi connectivity index (χ0) is 17.8. The van der Waals surface area contributed by atoms with E-state index in [2.05, 4.69) is 0 Å². The molecule has 25 heavy (non-hydrogen) atoms. The number of ether oxygens (including phenoxy) is 2. The number of carbonyl (C=O) groups excluding carboxylic acids is 1. The predicted octanol–water partition coefficient (Wildman–Crippen LogP) is 2.00. The summed E-state index contributed by atoms with van der Waals surface area (Å²) in [6.45, 7) is 3.10. The lowest BCUT2D eigenvalue weighted by Crippen LogP contribution is -2.52. The number of carboxylic acid groups (broad SMARTS) is 1. The van der Waals surface area contributed by atoms with Crippen LogP contribution < -0.4 is 0 Å². The lowest BCUT2D eigenvalue weighted by atomic mass is 9.93. The van der Waals surface area contributed by atoms with E-state index in [1.54, 1.807) is 6.92 Å². The van der Waals surface area contributed by atoms with Gasteiger partial charge >= 0.3 is 5.97 Å². The number of nitrogens with zero attached hydrogens (tertiary/aromatic N) is 1. The third kappa shape index (κ3) is 4.19. The quantitative estimate of drug-likeness (QED) is 0.882. The molecule has 1 aromatic rings. The Balaban J connectivity index is 1.65. The number of fused-ring (bicyclic) bond motifs is 1. The van der Waals surface area contributed by atoms with Gasteiger partial charge in [-0.1, -0.05) is 24.3 Å². The molecule has 6 nitrogen and oxygen atoms in total. The second kappa shape index (κ2) is 7.97. The molecule has 1 saturated heterocycles. The Hall–Kier alpha value is -1.92. The molecule has 0 aromatic heterocycles. The minimum Gasteiger partial charge on any atom is -0.480 e. The highest BCUT2D eigenvalue weighted by Crippen LogP contribution is 2.24. The SMILES string of the molecule is C[C@H](OC[C@H]1CCCCO1)C(=O)N1Cc2ccccc2C[C@H]1C(=O)O. The number of aliphatic carboxylic acids is 1. The summed E-state index contributed by atoms with van der Waals surface area (Å²) in [4.78, 5) is 25.9. The number of carbonyl (C=O) groups is 2. The van der Waals surface area contributed by atoms with Crippen LogP contribution in [0.1, 0.15) is 37.3 Å². The maximum absolute atomic E-state index is 12.8. The molecule has 0 radical (unpaired) electrons. The van der Waals surface area contributed by atoms with Gasteiger partial charge in [0.25, 0.3) is 5.91 Å². The molecule has 0 bridgehead atoms. The number of rotatable bonds is 5. The van der Waals surface area contributed by atoms with Gasteiger partial charge in [-0.15, -0.1) is 0 Å². The van der Waals surface area contributed by atoms with E-state index in [1.807, 2.05) is 24.3 Å². The molecular formula is C19H25NO5. The molecule has 2 heterocycles. The maximum atomic E-state index is 12.8. The van der Waals surface area contributed by atoms with Gasteiger partial charge in [-0.2, -0.15) is 0 Å². The Morgan fingerprint density at radius 2 is 2.08 bits per heavy atom. The van der Waals surface area contributed by atoms with E-state index in [0.717, 1.165) is 37.0 Å². The summed E-state index contributed by atoms with van der Waals surface area (Å²) >= 11 is 0. The summed E-state index contributed by atoms with van der Waals surface area (Å²) in [7, 11) is 0. The van der Waals surface area contributed by atoms with Crippen LogP contribution in [0.15, 0.2) is 24.3 Å². The van der Waals surface area contributed by atoms with Crippen LogP contribution in [0.25, 0.3) is 0 Å². The first kappa shape index (κ1) is 17.9. The predicted molar refractivity (Wildman–Crippen MR) is 91.1 cm³/mol. The first-order chi connectivity index (χ1) is 12.1. The summed E-state index contributed by atoms with van der Waals surface area (Å²) in [5.41, 5.74) is 1.99. The molecule has 0 saturated carbocycles. The number of hydrogen-bond donors (Lipinski definition) is 1. The molecule has 0 spiro atoms. The molecule has 2 aliphatic rings. The van der Waals surface area contributed by atoms with Gasteiger partial charge in [0.1, 0.15) is 12.1 Å².